The van der Waals surface area contributed by atoms with Crippen molar-refractivity contribution in [3.63, 3.8) is 0 Å². The highest BCUT2D eigenvalue weighted by molar-refractivity contribution is 6.05. The van der Waals surface area contributed by atoms with E-state index in [1.54, 1.807) is 43.5 Å². The third-order valence-electron chi connectivity index (χ3n) is 5.88. The van der Waals surface area contributed by atoms with E-state index in [0.717, 1.165) is 17.1 Å². The van der Waals surface area contributed by atoms with Crippen LogP contribution in [0.25, 0.3) is 10.8 Å². The maximum absolute atomic E-state index is 13.2. The van der Waals surface area contributed by atoms with Crippen molar-refractivity contribution in [2.75, 3.05) is 0 Å². The molecule has 176 valence electrons. The first-order valence-electron chi connectivity index (χ1n) is 11.3. The van der Waals surface area contributed by atoms with Crippen molar-refractivity contribution in [2.24, 2.45) is 0 Å². The van der Waals surface area contributed by atoms with E-state index in [-0.39, 0.29) is 17.0 Å². The number of benzene rings is 1. The fourth-order valence-electron chi connectivity index (χ4n) is 4.09. The van der Waals surface area contributed by atoms with Crippen LogP contribution in [0, 0.1) is 13.8 Å². The minimum atomic E-state index is -1.03. The maximum Gasteiger partial charge on any atom is 0.360 e. The van der Waals surface area contributed by atoms with Crippen molar-refractivity contribution in [1.29, 1.82) is 0 Å². The summed E-state index contributed by atoms with van der Waals surface area (Å²) in [7, 11) is 0. The van der Waals surface area contributed by atoms with E-state index in [1.165, 1.54) is 4.68 Å². The summed E-state index contributed by atoms with van der Waals surface area (Å²) in [6, 6.07) is 12.3. The van der Waals surface area contributed by atoms with Crippen molar-refractivity contribution in [1.82, 2.24) is 14.3 Å². The van der Waals surface area contributed by atoms with Gasteiger partial charge in [0.25, 0.3) is 5.56 Å². The molecule has 4 aromatic rings. The van der Waals surface area contributed by atoms with Crippen LogP contribution in [0.3, 0.4) is 0 Å². The van der Waals surface area contributed by atoms with Gasteiger partial charge in [0.05, 0.1) is 18.2 Å². The average molecular weight is 462 g/mol. The summed E-state index contributed by atoms with van der Waals surface area (Å²) in [5.41, 5.74) is 1.91. The summed E-state index contributed by atoms with van der Waals surface area (Å²) >= 11 is 0. The lowest BCUT2D eigenvalue weighted by atomic mass is 10.1. The SMILES string of the molecule is CCCn1nc(C(=O)OC(C)C(=O)c2cc(C)n(Cc3ccco3)c2C)c2ccccc2c1=O. The van der Waals surface area contributed by atoms with E-state index in [1.807, 2.05) is 37.5 Å². The van der Waals surface area contributed by atoms with Gasteiger partial charge in [0.2, 0.25) is 5.78 Å². The Kier molecular flexibility index (Phi) is 6.49. The monoisotopic (exact) mass is 461 g/mol. The molecule has 0 aliphatic rings. The second kappa shape index (κ2) is 9.51. The molecule has 0 aliphatic carbocycles. The fourth-order valence-corrected chi connectivity index (χ4v) is 4.09. The Labute approximate surface area is 196 Å². The zero-order valence-corrected chi connectivity index (χ0v) is 19.7. The normalized spacial score (nSPS) is 12.1. The number of nitrogens with zero attached hydrogens (tertiary/aromatic N) is 3. The lowest BCUT2D eigenvalue weighted by molar-refractivity contribution is 0.0312. The molecule has 0 saturated carbocycles. The van der Waals surface area contributed by atoms with Crippen molar-refractivity contribution >= 4 is 22.5 Å². The van der Waals surface area contributed by atoms with Gasteiger partial charge in [0.1, 0.15) is 5.76 Å². The van der Waals surface area contributed by atoms with Crippen LogP contribution >= 0.6 is 0 Å². The number of hydrogen-bond acceptors (Lipinski definition) is 6. The second-order valence-electron chi connectivity index (χ2n) is 8.28. The molecule has 8 heteroatoms. The number of aromatic nitrogens is 3. The minimum Gasteiger partial charge on any atom is -0.467 e. The number of fused-ring (bicyclic) bond motifs is 1. The van der Waals surface area contributed by atoms with Crippen molar-refractivity contribution in [3.05, 3.63) is 87.5 Å². The van der Waals surface area contributed by atoms with Gasteiger partial charge in [-0.1, -0.05) is 25.1 Å². The summed E-state index contributed by atoms with van der Waals surface area (Å²) < 4.78 is 14.2. The van der Waals surface area contributed by atoms with E-state index in [2.05, 4.69) is 5.10 Å². The van der Waals surface area contributed by atoms with Gasteiger partial charge >= 0.3 is 5.97 Å². The predicted molar refractivity (Wildman–Crippen MR) is 127 cm³/mol. The van der Waals surface area contributed by atoms with Crippen LogP contribution in [0.4, 0.5) is 0 Å². The molecule has 34 heavy (non-hydrogen) atoms. The second-order valence-corrected chi connectivity index (χ2v) is 8.28. The third kappa shape index (κ3) is 4.31. The number of ether oxygens (including phenoxy) is 1. The van der Waals surface area contributed by atoms with Crippen LogP contribution < -0.4 is 5.56 Å². The Morgan fingerprint density at radius 1 is 1.12 bits per heavy atom. The van der Waals surface area contributed by atoms with Crippen LogP contribution in [-0.2, 0) is 17.8 Å². The molecule has 3 heterocycles. The Morgan fingerprint density at radius 3 is 2.53 bits per heavy atom. The highest BCUT2D eigenvalue weighted by Crippen LogP contribution is 2.21. The largest absolute Gasteiger partial charge is 0.467 e. The molecule has 0 bridgehead atoms. The number of Topliss-reactive ketones (excluding diaryl/α,β-unsaturated/α-hetero) is 1. The lowest BCUT2D eigenvalue weighted by Crippen LogP contribution is -2.29. The number of esters is 1. The quantitative estimate of drug-likeness (QED) is 0.287. The molecule has 1 atom stereocenters. The van der Waals surface area contributed by atoms with Crippen molar-refractivity contribution in [2.45, 2.75) is 53.3 Å². The van der Waals surface area contributed by atoms with E-state index in [9.17, 15) is 14.4 Å². The van der Waals surface area contributed by atoms with Gasteiger partial charge in [0, 0.05) is 28.9 Å². The number of carbonyl (C=O) groups is 2. The Hall–Kier alpha value is -3.94. The molecule has 1 aromatic carbocycles. The maximum atomic E-state index is 13.2. The smallest absolute Gasteiger partial charge is 0.360 e. The average Bonchev–Trinajstić information content (AvgIpc) is 3.44. The first kappa shape index (κ1) is 23.2. The number of hydrogen-bond donors (Lipinski definition) is 0. The Balaban J connectivity index is 1.60. The molecule has 1 unspecified atom stereocenters. The Morgan fingerprint density at radius 2 is 1.85 bits per heavy atom. The molecule has 0 radical (unpaired) electrons. The molecule has 3 aromatic heterocycles. The predicted octanol–water partition coefficient (Wildman–Crippen LogP) is 4.29. The van der Waals surface area contributed by atoms with Gasteiger partial charge in [-0.25, -0.2) is 9.48 Å². The zero-order chi connectivity index (χ0) is 24.4. The molecule has 0 aliphatic heterocycles. The highest BCUT2D eigenvalue weighted by atomic mass is 16.5. The number of carbonyl (C=O) groups excluding carboxylic acids is 2. The molecule has 0 amide bonds. The first-order valence-corrected chi connectivity index (χ1v) is 11.3. The van der Waals surface area contributed by atoms with Crippen LogP contribution in [0.15, 0.2) is 57.9 Å². The molecule has 0 fully saturated rings. The van der Waals surface area contributed by atoms with Crippen LogP contribution in [0.5, 0.6) is 0 Å². The fraction of sp³-hybridized carbons (Fsp3) is 0.308. The van der Waals surface area contributed by atoms with Gasteiger partial charge in [-0.2, -0.15) is 5.10 Å². The minimum absolute atomic E-state index is 0.0200. The van der Waals surface area contributed by atoms with Crippen molar-refractivity contribution in [3.8, 4) is 0 Å². The summed E-state index contributed by atoms with van der Waals surface area (Å²) in [6.07, 6.45) is 1.26. The molecule has 4 rings (SSSR count). The van der Waals surface area contributed by atoms with Gasteiger partial charge < -0.3 is 13.7 Å². The molecule has 8 nitrogen and oxygen atoms in total. The topological polar surface area (TPSA) is 96.3 Å². The number of furan rings is 1. The van der Waals surface area contributed by atoms with E-state index < -0.39 is 12.1 Å². The summed E-state index contributed by atoms with van der Waals surface area (Å²) in [5, 5.41) is 5.05. The third-order valence-corrected chi connectivity index (χ3v) is 5.88. The molecule has 0 N–H and O–H groups in total. The van der Waals surface area contributed by atoms with Crippen LogP contribution in [0.1, 0.15) is 58.3 Å². The number of rotatable bonds is 8. The molecular weight excluding hydrogens is 434 g/mol. The van der Waals surface area contributed by atoms with E-state index >= 15 is 0 Å². The van der Waals surface area contributed by atoms with Crippen LogP contribution in [-0.4, -0.2) is 32.2 Å². The summed E-state index contributed by atoms with van der Waals surface area (Å²) in [5.74, 6) is -0.273. The number of ketones is 1. The number of aryl methyl sites for hydroxylation is 2. The van der Waals surface area contributed by atoms with E-state index in [4.69, 9.17) is 9.15 Å². The van der Waals surface area contributed by atoms with Gasteiger partial charge in [-0.3, -0.25) is 9.59 Å². The van der Waals surface area contributed by atoms with Gasteiger partial charge in [-0.15, -0.1) is 0 Å². The highest BCUT2D eigenvalue weighted by Gasteiger charge is 2.26. The Bertz CT molecular complexity index is 1410. The first-order chi connectivity index (χ1) is 16.3. The van der Waals surface area contributed by atoms with E-state index in [0.29, 0.717) is 35.8 Å². The van der Waals surface area contributed by atoms with Gasteiger partial charge in [-0.05, 0) is 51.5 Å². The standard InChI is InChI=1S/C26H27N3O5/c1-5-12-29-25(31)21-11-7-6-10-20(21)23(27-29)26(32)34-18(4)24(30)22-14-16(2)28(17(22)3)15-19-9-8-13-33-19/h6-11,13-14,18H,5,12,15H2,1-4H3. The molecule has 0 spiro atoms. The zero-order valence-electron chi connectivity index (χ0n) is 19.7. The van der Waals surface area contributed by atoms with Crippen molar-refractivity contribution < 1.29 is 18.7 Å². The molecular formula is C26H27N3O5. The summed E-state index contributed by atoms with van der Waals surface area (Å²) in [4.78, 5) is 38.9. The lowest BCUT2D eigenvalue weighted by Gasteiger charge is -2.14. The van der Waals surface area contributed by atoms with Gasteiger partial charge in [0.15, 0.2) is 11.8 Å². The molecule has 0 saturated heterocycles. The summed E-state index contributed by atoms with van der Waals surface area (Å²) in [6.45, 7) is 8.11. The van der Waals surface area contributed by atoms with Crippen LogP contribution in [0.2, 0.25) is 0 Å².